The Hall–Kier alpha value is -2.10. The van der Waals surface area contributed by atoms with Crippen LogP contribution in [0.2, 0.25) is 0 Å². The van der Waals surface area contributed by atoms with Crippen molar-refractivity contribution >= 4 is 11.9 Å². The van der Waals surface area contributed by atoms with E-state index in [2.05, 4.69) is 10.1 Å². The quantitative estimate of drug-likeness (QED) is 0.577. The summed E-state index contributed by atoms with van der Waals surface area (Å²) in [5.41, 5.74) is 1.05. The maximum Gasteiger partial charge on any atom is 0.152 e. The molecule has 4 nitrogen and oxygen atoms in total. The van der Waals surface area contributed by atoms with Crippen molar-refractivity contribution in [3.8, 4) is 0 Å². The van der Waals surface area contributed by atoms with Crippen LogP contribution in [0, 0.1) is 0 Å². The number of imidazole rings is 1. The smallest absolute Gasteiger partial charge is 0.152 e. The second-order valence-electron chi connectivity index (χ2n) is 3.50. The van der Waals surface area contributed by atoms with Crippen LogP contribution in [0.15, 0.2) is 47.8 Å². The van der Waals surface area contributed by atoms with E-state index in [0.29, 0.717) is 0 Å². The Balaban J connectivity index is 2.11. The van der Waals surface area contributed by atoms with Crippen LogP contribution >= 0.6 is 0 Å². The lowest BCUT2D eigenvalue weighted by Crippen LogP contribution is -2.09. The predicted molar refractivity (Wildman–Crippen MR) is 65.6 cm³/mol. The molecule has 2 rings (SSSR count). The molecule has 4 heteroatoms. The van der Waals surface area contributed by atoms with Crippen molar-refractivity contribution in [1.82, 2.24) is 9.55 Å². The zero-order valence-electron chi connectivity index (χ0n) is 9.41. The molecule has 1 aromatic carbocycles. The third-order valence-electron chi connectivity index (χ3n) is 2.33. The molecule has 82 valence electrons. The third-order valence-corrected chi connectivity index (χ3v) is 2.33. The summed E-state index contributed by atoms with van der Waals surface area (Å²) in [5, 5.41) is 6.14. The van der Waals surface area contributed by atoms with E-state index in [1.807, 2.05) is 60.2 Å². The predicted octanol–water partition coefficient (Wildman–Crippen LogP) is 1.89. The van der Waals surface area contributed by atoms with E-state index in [0.717, 1.165) is 11.5 Å². The number of rotatable bonds is 3. The highest BCUT2D eigenvalue weighted by atomic mass is 15.4. The van der Waals surface area contributed by atoms with E-state index in [4.69, 9.17) is 0 Å². The van der Waals surface area contributed by atoms with Gasteiger partial charge in [-0.15, -0.1) is 0 Å². The highest BCUT2D eigenvalue weighted by Crippen LogP contribution is 2.10. The van der Waals surface area contributed by atoms with Gasteiger partial charge in [-0.3, -0.25) is 5.01 Å². The van der Waals surface area contributed by atoms with E-state index in [1.54, 1.807) is 12.4 Å². The van der Waals surface area contributed by atoms with Gasteiger partial charge in [-0.05, 0) is 12.1 Å². The van der Waals surface area contributed by atoms with Gasteiger partial charge in [-0.1, -0.05) is 18.2 Å². The molecule has 0 spiro atoms. The Bertz CT molecular complexity index is 473. The largest absolute Gasteiger partial charge is 0.333 e. The van der Waals surface area contributed by atoms with Crippen molar-refractivity contribution in [3.63, 3.8) is 0 Å². The maximum absolute atomic E-state index is 4.32. The van der Waals surface area contributed by atoms with Gasteiger partial charge in [-0.2, -0.15) is 5.10 Å². The summed E-state index contributed by atoms with van der Waals surface area (Å²) in [6.45, 7) is 0. The Labute approximate surface area is 94.8 Å². The minimum atomic E-state index is 0.836. The summed E-state index contributed by atoms with van der Waals surface area (Å²) in [4.78, 5) is 4.17. The summed E-state index contributed by atoms with van der Waals surface area (Å²) in [6.07, 6.45) is 5.39. The zero-order chi connectivity index (χ0) is 11.4. The molecule has 0 unspecified atom stereocenters. The highest BCUT2D eigenvalue weighted by molar-refractivity contribution is 5.75. The van der Waals surface area contributed by atoms with Gasteiger partial charge < -0.3 is 4.57 Å². The van der Waals surface area contributed by atoms with E-state index in [9.17, 15) is 0 Å². The Morgan fingerprint density at radius 3 is 2.69 bits per heavy atom. The molecule has 0 bridgehead atoms. The number of aromatic nitrogens is 2. The van der Waals surface area contributed by atoms with Crippen LogP contribution in [-0.2, 0) is 7.05 Å². The number of benzene rings is 1. The fourth-order valence-corrected chi connectivity index (χ4v) is 1.35. The van der Waals surface area contributed by atoms with Crippen molar-refractivity contribution in [2.45, 2.75) is 0 Å². The summed E-state index contributed by atoms with van der Waals surface area (Å²) in [6, 6.07) is 9.98. The minimum Gasteiger partial charge on any atom is -0.333 e. The molecule has 1 heterocycles. The summed E-state index contributed by atoms with van der Waals surface area (Å²) < 4.78 is 1.92. The number of para-hydroxylation sites is 1. The third kappa shape index (κ3) is 2.28. The fraction of sp³-hybridized carbons (Fsp3) is 0.167. The molecule has 0 N–H and O–H groups in total. The van der Waals surface area contributed by atoms with Gasteiger partial charge in [0.25, 0.3) is 0 Å². The van der Waals surface area contributed by atoms with Gasteiger partial charge in [0.1, 0.15) is 0 Å². The summed E-state index contributed by atoms with van der Waals surface area (Å²) in [7, 11) is 3.85. The van der Waals surface area contributed by atoms with Crippen LogP contribution in [-0.4, -0.2) is 22.8 Å². The number of hydrazone groups is 1. The number of anilines is 1. The van der Waals surface area contributed by atoms with Crippen LogP contribution in [0.5, 0.6) is 0 Å². The van der Waals surface area contributed by atoms with E-state index in [-0.39, 0.29) is 0 Å². The SMILES string of the molecule is CN(N=Cc1nccn1C)c1ccccc1. The van der Waals surface area contributed by atoms with Crippen molar-refractivity contribution in [3.05, 3.63) is 48.5 Å². The first-order valence-electron chi connectivity index (χ1n) is 5.07. The molecule has 0 aliphatic heterocycles. The summed E-state index contributed by atoms with van der Waals surface area (Å²) >= 11 is 0. The lowest BCUT2D eigenvalue weighted by molar-refractivity contribution is 0.897. The first-order chi connectivity index (χ1) is 7.77. The molecule has 1 aromatic heterocycles. The number of aryl methyl sites for hydroxylation is 1. The van der Waals surface area contributed by atoms with Gasteiger partial charge in [0, 0.05) is 26.5 Å². The van der Waals surface area contributed by atoms with Crippen molar-refractivity contribution in [2.75, 3.05) is 12.1 Å². The molecule has 0 saturated carbocycles. The van der Waals surface area contributed by atoms with Crippen LogP contribution in [0.1, 0.15) is 5.82 Å². The topological polar surface area (TPSA) is 33.4 Å². The molecule has 0 fully saturated rings. The molecule has 2 aromatic rings. The Morgan fingerprint density at radius 1 is 1.31 bits per heavy atom. The van der Waals surface area contributed by atoms with Crippen molar-refractivity contribution in [1.29, 1.82) is 0 Å². The van der Waals surface area contributed by atoms with E-state index >= 15 is 0 Å². The van der Waals surface area contributed by atoms with Crippen LogP contribution in [0.3, 0.4) is 0 Å². The fourth-order valence-electron chi connectivity index (χ4n) is 1.35. The first kappa shape index (κ1) is 10.4. The average molecular weight is 214 g/mol. The standard InChI is InChI=1S/C12H14N4/c1-15-9-8-13-12(15)10-14-16(2)11-6-4-3-5-7-11/h3-10H,1-2H3. The summed E-state index contributed by atoms with van der Waals surface area (Å²) in [5.74, 6) is 0.836. The molecule has 16 heavy (non-hydrogen) atoms. The van der Waals surface area contributed by atoms with Crippen molar-refractivity contribution in [2.24, 2.45) is 12.1 Å². The molecular formula is C12H14N4. The minimum absolute atomic E-state index is 0.836. The number of nitrogens with zero attached hydrogens (tertiary/aromatic N) is 4. The van der Waals surface area contributed by atoms with E-state index < -0.39 is 0 Å². The maximum atomic E-state index is 4.32. The second kappa shape index (κ2) is 4.61. The molecule has 0 saturated heterocycles. The average Bonchev–Trinajstić information content (AvgIpc) is 2.73. The molecule has 0 aliphatic carbocycles. The monoisotopic (exact) mass is 214 g/mol. The second-order valence-corrected chi connectivity index (χ2v) is 3.50. The first-order valence-corrected chi connectivity index (χ1v) is 5.07. The number of hydrogen-bond donors (Lipinski definition) is 0. The zero-order valence-corrected chi connectivity index (χ0v) is 9.41. The van der Waals surface area contributed by atoms with Crippen LogP contribution in [0.25, 0.3) is 0 Å². The molecule has 0 aliphatic rings. The normalized spacial score (nSPS) is 10.9. The van der Waals surface area contributed by atoms with Gasteiger partial charge in [0.2, 0.25) is 0 Å². The molecular weight excluding hydrogens is 200 g/mol. The molecule has 0 radical (unpaired) electrons. The molecule has 0 amide bonds. The van der Waals surface area contributed by atoms with Crippen molar-refractivity contribution < 1.29 is 0 Å². The lowest BCUT2D eigenvalue weighted by atomic mass is 10.3. The van der Waals surface area contributed by atoms with Gasteiger partial charge in [0.05, 0.1) is 11.9 Å². The van der Waals surface area contributed by atoms with Crippen LogP contribution in [0.4, 0.5) is 5.69 Å². The van der Waals surface area contributed by atoms with Gasteiger partial charge >= 0.3 is 0 Å². The highest BCUT2D eigenvalue weighted by Gasteiger charge is 1.97. The van der Waals surface area contributed by atoms with Gasteiger partial charge in [-0.25, -0.2) is 4.98 Å². The van der Waals surface area contributed by atoms with Gasteiger partial charge in [0.15, 0.2) is 5.82 Å². The Morgan fingerprint density at radius 2 is 2.06 bits per heavy atom. The number of hydrogen-bond acceptors (Lipinski definition) is 3. The lowest BCUT2D eigenvalue weighted by Gasteiger charge is -2.11. The Kier molecular flexibility index (Phi) is 3.00. The van der Waals surface area contributed by atoms with E-state index in [1.165, 1.54) is 0 Å². The van der Waals surface area contributed by atoms with Crippen LogP contribution < -0.4 is 5.01 Å². The molecule has 0 atom stereocenters.